The van der Waals surface area contributed by atoms with Crippen molar-refractivity contribution in [1.82, 2.24) is 15.0 Å². The van der Waals surface area contributed by atoms with Gasteiger partial charge in [-0.25, -0.2) is 4.98 Å². The average molecular weight is 248 g/mol. The van der Waals surface area contributed by atoms with E-state index in [1.165, 1.54) is 0 Å². The Hall–Kier alpha value is -0.800. The van der Waals surface area contributed by atoms with Gasteiger partial charge >= 0.3 is 0 Å². The van der Waals surface area contributed by atoms with E-state index in [-0.39, 0.29) is 5.28 Å². The van der Waals surface area contributed by atoms with E-state index < -0.39 is 0 Å². The molecule has 0 bridgehead atoms. The fraction of sp³-hybridized carbons (Fsp3) is 0.400. The molecule has 84 valence electrons. The molecule has 0 aliphatic carbocycles. The van der Waals surface area contributed by atoms with Crippen molar-refractivity contribution in [3.8, 4) is 0 Å². The molecule has 0 aliphatic heterocycles. The zero-order valence-corrected chi connectivity index (χ0v) is 10.8. The van der Waals surface area contributed by atoms with Crippen LogP contribution >= 0.6 is 23.2 Å². The minimum absolute atomic E-state index is 0.157. The van der Waals surface area contributed by atoms with Crippen molar-refractivity contribution < 1.29 is 0 Å². The van der Waals surface area contributed by atoms with Gasteiger partial charge in [0.15, 0.2) is 0 Å². The van der Waals surface area contributed by atoms with Gasteiger partial charge in [0.1, 0.15) is 10.8 Å². The van der Waals surface area contributed by atoms with Crippen LogP contribution in [-0.2, 0) is 0 Å². The topological polar surface area (TPSA) is 41.6 Å². The lowest BCUT2D eigenvalue weighted by molar-refractivity contribution is 1.20. The summed E-state index contributed by atoms with van der Waals surface area (Å²) in [6.45, 7) is 8.00. The zero-order chi connectivity index (χ0) is 11.8. The quantitative estimate of drug-likeness (QED) is 0.557. The third-order valence-corrected chi connectivity index (χ3v) is 1.80. The number of H-pyrrole nitrogens is 1. The third-order valence-electron chi connectivity index (χ3n) is 1.34. The van der Waals surface area contributed by atoms with Gasteiger partial charge in [-0.05, 0) is 17.7 Å². The van der Waals surface area contributed by atoms with E-state index >= 15 is 0 Å². The minimum Gasteiger partial charge on any atom is -0.346 e. The van der Waals surface area contributed by atoms with Crippen molar-refractivity contribution in [2.45, 2.75) is 27.7 Å². The summed E-state index contributed by atoms with van der Waals surface area (Å²) in [6.07, 6.45) is 1.74. The van der Waals surface area contributed by atoms with Crippen LogP contribution in [0.2, 0.25) is 10.4 Å². The standard InChI is InChI=1S/C6H3Cl2N3.2C2H6/c7-4-3-1-2-9-5(3)11-6(8)10-4;2*1-2/h1-2H,(H,9,10,11);2*1-2H3. The summed E-state index contributed by atoms with van der Waals surface area (Å²) in [5.74, 6) is 0. The highest BCUT2D eigenvalue weighted by Crippen LogP contribution is 2.20. The van der Waals surface area contributed by atoms with E-state index in [9.17, 15) is 0 Å². The Labute approximate surface area is 99.8 Å². The van der Waals surface area contributed by atoms with Crippen molar-refractivity contribution >= 4 is 34.2 Å². The molecular formula is C10H15Cl2N3. The van der Waals surface area contributed by atoms with Gasteiger partial charge in [0.25, 0.3) is 0 Å². The predicted molar refractivity (Wildman–Crippen MR) is 66.6 cm³/mol. The number of hydrogen-bond acceptors (Lipinski definition) is 2. The molecule has 1 N–H and O–H groups in total. The van der Waals surface area contributed by atoms with Crippen LogP contribution in [-0.4, -0.2) is 15.0 Å². The van der Waals surface area contributed by atoms with Crippen LogP contribution in [0.25, 0.3) is 11.0 Å². The highest BCUT2D eigenvalue weighted by molar-refractivity contribution is 6.35. The lowest BCUT2D eigenvalue weighted by atomic mass is 10.4. The molecule has 0 radical (unpaired) electrons. The zero-order valence-electron chi connectivity index (χ0n) is 9.31. The summed E-state index contributed by atoms with van der Waals surface area (Å²) < 4.78 is 0. The molecule has 3 nitrogen and oxygen atoms in total. The molecule has 15 heavy (non-hydrogen) atoms. The number of fused-ring (bicyclic) bond motifs is 1. The van der Waals surface area contributed by atoms with Crippen molar-refractivity contribution in [3.63, 3.8) is 0 Å². The molecule has 0 saturated heterocycles. The molecule has 0 atom stereocenters. The first-order valence-electron chi connectivity index (χ1n) is 4.93. The van der Waals surface area contributed by atoms with Gasteiger partial charge in [-0.3, -0.25) is 0 Å². The van der Waals surface area contributed by atoms with Crippen molar-refractivity contribution in [1.29, 1.82) is 0 Å². The van der Waals surface area contributed by atoms with E-state index in [0.29, 0.717) is 10.8 Å². The smallest absolute Gasteiger partial charge is 0.225 e. The van der Waals surface area contributed by atoms with Gasteiger partial charge < -0.3 is 4.98 Å². The van der Waals surface area contributed by atoms with Crippen LogP contribution in [0.3, 0.4) is 0 Å². The van der Waals surface area contributed by atoms with E-state index in [1.807, 2.05) is 27.7 Å². The summed E-state index contributed by atoms with van der Waals surface area (Å²) in [6, 6.07) is 1.80. The Morgan fingerprint density at radius 2 is 1.67 bits per heavy atom. The molecule has 5 heteroatoms. The van der Waals surface area contributed by atoms with E-state index in [1.54, 1.807) is 12.3 Å². The van der Waals surface area contributed by atoms with Gasteiger partial charge in [-0.15, -0.1) is 0 Å². The van der Waals surface area contributed by atoms with Crippen LogP contribution in [0.5, 0.6) is 0 Å². The Morgan fingerprint density at radius 3 is 2.27 bits per heavy atom. The molecule has 0 aromatic carbocycles. The lowest BCUT2D eigenvalue weighted by Gasteiger charge is -1.92. The molecule has 0 fully saturated rings. The maximum Gasteiger partial charge on any atom is 0.225 e. The van der Waals surface area contributed by atoms with Crippen LogP contribution in [0.4, 0.5) is 0 Å². The highest BCUT2D eigenvalue weighted by atomic mass is 35.5. The van der Waals surface area contributed by atoms with Crippen LogP contribution < -0.4 is 0 Å². The van der Waals surface area contributed by atoms with Crippen LogP contribution in [0.1, 0.15) is 27.7 Å². The first kappa shape index (κ1) is 14.2. The Morgan fingerprint density at radius 1 is 1.07 bits per heavy atom. The number of nitrogens with zero attached hydrogens (tertiary/aromatic N) is 2. The van der Waals surface area contributed by atoms with Gasteiger partial charge in [-0.1, -0.05) is 39.3 Å². The molecule has 2 aromatic heterocycles. The fourth-order valence-electron chi connectivity index (χ4n) is 0.878. The fourth-order valence-corrected chi connectivity index (χ4v) is 1.32. The molecular weight excluding hydrogens is 233 g/mol. The van der Waals surface area contributed by atoms with Crippen molar-refractivity contribution in [3.05, 3.63) is 22.7 Å². The van der Waals surface area contributed by atoms with Crippen LogP contribution in [0.15, 0.2) is 12.3 Å². The molecule has 2 aromatic rings. The molecule has 0 saturated carbocycles. The maximum atomic E-state index is 5.75. The van der Waals surface area contributed by atoms with Crippen molar-refractivity contribution in [2.24, 2.45) is 0 Å². The van der Waals surface area contributed by atoms with Gasteiger partial charge in [0.05, 0.1) is 5.39 Å². The molecule has 2 heterocycles. The second kappa shape index (κ2) is 7.49. The number of aromatic amines is 1. The number of nitrogens with one attached hydrogen (secondary N) is 1. The Bertz CT molecular complexity index is 398. The number of hydrogen-bond donors (Lipinski definition) is 1. The molecule has 2 rings (SSSR count). The first-order valence-corrected chi connectivity index (χ1v) is 5.69. The monoisotopic (exact) mass is 247 g/mol. The van der Waals surface area contributed by atoms with Gasteiger partial charge in [-0.2, -0.15) is 4.98 Å². The minimum atomic E-state index is 0.157. The van der Waals surface area contributed by atoms with Gasteiger partial charge in [0, 0.05) is 6.20 Å². The number of rotatable bonds is 0. The second-order valence-corrected chi connectivity index (χ2v) is 2.72. The molecule has 0 spiro atoms. The normalized spacial score (nSPS) is 8.67. The summed E-state index contributed by atoms with van der Waals surface area (Å²) in [4.78, 5) is 10.6. The maximum absolute atomic E-state index is 5.75. The van der Waals surface area contributed by atoms with E-state index in [0.717, 1.165) is 5.39 Å². The number of aromatic nitrogens is 3. The molecule has 0 aliphatic rings. The Kier molecular flexibility index (Phi) is 7.09. The SMILES string of the molecule is CC.CC.Clc1nc(Cl)c2cc[nH]c2n1. The molecule has 0 unspecified atom stereocenters. The summed E-state index contributed by atoms with van der Waals surface area (Å²) in [7, 11) is 0. The lowest BCUT2D eigenvalue weighted by Crippen LogP contribution is -1.83. The van der Waals surface area contributed by atoms with E-state index in [2.05, 4.69) is 15.0 Å². The average Bonchev–Trinajstić information content (AvgIpc) is 2.72. The van der Waals surface area contributed by atoms with Gasteiger partial charge in [0.2, 0.25) is 5.28 Å². The first-order chi connectivity index (χ1) is 7.27. The third kappa shape index (κ3) is 3.68. The van der Waals surface area contributed by atoms with Crippen LogP contribution in [0, 0.1) is 0 Å². The molecule has 0 amide bonds. The summed E-state index contributed by atoms with van der Waals surface area (Å²) >= 11 is 11.3. The van der Waals surface area contributed by atoms with Crippen molar-refractivity contribution in [2.75, 3.05) is 0 Å². The Balaban J connectivity index is 0.000000442. The second-order valence-electron chi connectivity index (χ2n) is 2.02. The largest absolute Gasteiger partial charge is 0.346 e. The summed E-state index contributed by atoms with van der Waals surface area (Å²) in [5, 5.41) is 1.32. The predicted octanol–water partition coefficient (Wildman–Crippen LogP) is 4.32. The number of halogens is 2. The van der Waals surface area contributed by atoms with E-state index in [4.69, 9.17) is 23.2 Å². The highest BCUT2D eigenvalue weighted by Gasteiger charge is 2.03. The summed E-state index contributed by atoms with van der Waals surface area (Å²) in [5.41, 5.74) is 0.662.